The van der Waals surface area contributed by atoms with E-state index < -0.39 is 7.53 Å². The van der Waals surface area contributed by atoms with E-state index in [4.69, 9.17) is 0 Å². The summed E-state index contributed by atoms with van der Waals surface area (Å²) in [4.78, 5) is 0. The number of hydrogen-bond donors (Lipinski definition) is 0. The molecular formula is C38H43P. The molecule has 5 aromatic rings. The summed E-state index contributed by atoms with van der Waals surface area (Å²) in [6, 6.07) is 36.5. The second-order valence-electron chi connectivity index (χ2n) is 14.0. The zero-order chi connectivity index (χ0) is 28.2. The molecule has 1 heterocycles. The minimum atomic E-state index is -0.797. The SMILES string of the molecule is CC(C)(C)c1cc(C(C)(C)C)c(-p2c(-c3ccccc3)c(-c3ccccc3)c3ccccc32)c(C(C)(C)C)c1. The summed E-state index contributed by atoms with van der Waals surface area (Å²) >= 11 is 0. The van der Waals surface area contributed by atoms with Gasteiger partial charge < -0.3 is 0 Å². The van der Waals surface area contributed by atoms with E-state index >= 15 is 0 Å². The first-order valence-corrected chi connectivity index (χ1v) is 15.6. The highest BCUT2D eigenvalue weighted by molar-refractivity contribution is 7.66. The van der Waals surface area contributed by atoms with Crippen LogP contribution >= 0.6 is 7.53 Å². The van der Waals surface area contributed by atoms with Gasteiger partial charge in [0.1, 0.15) is 0 Å². The van der Waals surface area contributed by atoms with E-state index in [0.29, 0.717) is 0 Å². The fourth-order valence-corrected chi connectivity index (χ4v) is 9.22. The highest BCUT2D eigenvalue weighted by atomic mass is 31.1. The number of fused-ring (bicyclic) bond motifs is 1. The van der Waals surface area contributed by atoms with Crippen molar-refractivity contribution in [3.8, 4) is 27.3 Å². The van der Waals surface area contributed by atoms with E-state index in [1.807, 2.05) is 0 Å². The lowest BCUT2D eigenvalue weighted by atomic mass is 9.75. The molecule has 200 valence electrons. The van der Waals surface area contributed by atoms with Crippen molar-refractivity contribution in [2.75, 3.05) is 0 Å². The molecule has 0 spiro atoms. The van der Waals surface area contributed by atoms with Crippen LogP contribution in [0.5, 0.6) is 0 Å². The summed E-state index contributed by atoms with van der Waals surface area (Å²) in [7, 11) is -0.797. The molecule has 4 aromatic carbocycles. The predicted octanol–water partition coefficient (Wildman–Crippen LogP) is 12.0. The van der Waals surface area contributed by atoms with Crippen molar-refractivity contribution in [3.63, 3.8) is 0 Å². The van der Waals surface area contributed by atoms with Crippen LogP contribution in [0.15, 0.2) is 97.1 Å². The van der Waals surface area contributed by atoms with Crippen molar-refractivity contribution < 1.29 is 0 Å². The van der Waals surface area contributed by atoms with Gasteiger partial charge in [-0.2, -0.15) is 0 Å². The molecule has 0 saturated heterocycles. The second-order valence-corrected chi connectivity index (χ2v) is 16.0. The molecule has 1 aromatic heterocycles. The zero-order valence-corrected chi connectivity index (χ0v) is 26.1. The van der Waals surface area contributed by atoms with Crippen molar-refractivity contribution in [2.24, 2.45) is 0 Å². The molecule has 0 aliphatic carbocycles. The van der Waals surface area contributed by atoms with Gasteiger partial charge in [-0.15, -0.1) is 0 Å². The van der Waals surface area contributed by atoms with E-state index in [9.17, 15) is 0 Å². The van der Waals surface area contributed by atoms with Crippen LogP contribution in [0.25, 0.3) is 37.8 Å². The molecule has 0 nitrogen and oxygen atoms in total. The topological polar surface area (TPSA) is 0 Å². The van der Waals surface area contributed by atoms with Gasteiger partial charge in [0.05, 0.1) is 0 Å². The predicted molar refractivity (Wildman–Crippen MR) is 175 cm³/mol. The Morgan fingerprint density at radius 3 is 1.44 bits per heavy atom. The van der Waals surface area contributed by atoms with Crippen molar-refractivity contribution in [2.45, 2.75) is 78.6 Å². The molecule has 0 amide bonds. The Hall–Kier alpha value is -3.08. The molecular weight excluding hydrogens is 487 g/mol. The average molecular weight is 531 g/mol. The third-order valence-electron chi connectivity index (χ3n) is 7.80. The van der Waals surface area contributed by atoms with Crippen LogP contribution < -0.4 is 0 Å². The van der Waals surface area contributed by atoms with E-state index in [1.54, 1.807) is 5.30 Å². The maximum absolute atomic E-state index is 2.54. The van der Waals surface area contributed by atoms with Crippen LogP contribution in [0.3, 0.4) is 0 Å². The number of benzene rings is 4. The largest absolute Gasteiger partial charge is 0.0760 e. The fraction of sp³-hybridized carbons (Fsp3) is 0.316. The van der Waals surface area contributed by atoms with Crippen LogP contribution in [0, 0.1) is 0 Å². The van der Waals surface area contributed by atoms with Gasteiger partial charge in [-0.3, -0.25) is 0 Å². The average Bonchev–Trinajstić information content (AvgIpc) is 3.22. The van der Waals surface area contributed by atoms with Crippen molar-refractivity contribution in [1.82, 2.24) is 0 Å². The van der Waals surface area contributed by atoms with Gasteiger partial charge in [-0.25, -0.2) is 0 Å². The Labute approximate surface area is 237 Å². The Balaban J connectivity index is 2.07. The molecule has 0 N–H and O–H groups in total. The molecule has 1 atom stereocenters. The smallest absolute Gasteiger partial charge is 0.0147 e. The van der Waals surface area contributed by atoms with Crippen LogP contribution in [-0.4, -0.2) is 0 Å². The van der Waals surface area contributed by atoms with Crippen molar-refractivity contribution in [1.29, 1.82) is 0 Å². The van der Waals surface area contributed by atoms with Gasteiger partial charge in [0.25, 0.3) is 0 Å². The maximum atomic E-state index is 2.54. The standard InChI is InChI=1S/C38H43P/c1-36(2,3)28-24-30(37(4,5)6)35(31(25-28)38(7,8)9)39-32-23-17-16-22-29(32)33(26-18-12-10-13-19-26)34(39)27-20-14-11-15-21-27/h10-25H,1-9H3. The minimum Gasteiger partial charge on any atom is -0.0760 e. The maximum Gasteiger partial charge on any atom is 0.0147 e. The minimum absolute atomic E-state index is 0.00513. The zero-order valence-electron chi connectivity index (χ0n) is 25.2. The summed E-state index contributed by atoms with van der Waals surface area (Å²) in [5.41, 5.74) is 8.52. The van der Waals surface area contributed by atoms with E-state index in [2.05, 4.69) is 159 Å². The molecule has 0 aliphatic rings. The molecule has 1 heteroatoms. The molecule has 1 unspecified atom stereocenters. The molecule has 0 saturated carbocycles. The summed E-state index contributed by atoms with van der Waals surface area (Å²) in [5.74, 6) is 0. The number of rotatable bonds is 3. The normalized spacial score (nSPS) is 13.2. The quantitative estimate of drug-likeness (QED) is 0.218. The third-order valence-corrected chi connectivity index (χ3v) is 10.5. The monoisotopic (exact) mass is 530 g/mol. The molecule has 0 radical (unpaired) electrons. The summed E-state index contributed by atoms with van der Waals surface area (Å²) < 4.78 is 0. The molecule has 39 heavy (non-hydrogen) atoms. The van der Waals surface area contributed by atoms with Gasteiger partial charge in [-0.1, -0.05) is 167 Å². The van der Waals surface area contributed by atoms with Crippen LogP contribution in [0.4, 0.5) is 0 Å². The lowest BCUT2D eigenvalue weighted by Gasteiger charge is -2.34. The Kier molecular flexibility index (Phi) is 6.93. The second kappa shape index (κ2) is 9.83. The Bertz CT molecular complexity index is 1580. The van der Waals surface area contributed by atoms with E-state index in [-0.39, 0.29) is 16.2 Å². The van der Waals surface area contributed by atoms with E-state index in [0.717, 1.165) is 0 Å². The first kappa shape index (κ1) is 27.5. The fourth-order valence-electron chi connectivity index (χ4n) is 5.69. The first-order valence-electron chi connectivity index (χ1n) is 14.2. The third kappa shape index (κ3) is 5.13. The van der Waals surface area contributed by atoms with E-state index in [1.165, 1.54) is 49.2 Å². The van der Waals surface area contributed by atoms with Crippen LogP contribution in [-0.2, 0) is 16.2 Å². The summed E-state index contributed by atoms with van der Waals surface area (Å²) in [6.07, 6.45) is 0. The Morgan fingerprint density at radius 1 is 0.487 bits per heavy atom. The molecule has 0 fully saturated rings. The van der Waals surface area contributed by atoms with Crippen molar-refractivity contribution in [3.05, 3.63) is 114 Å². The van der Waals surface area contributed by atoms with Gasteiger partial charge in [0, 0.05) is 21.3 Å². The first-order chi connectivity index (χ1) is 18.3. The molecule has 0 aliphatic heterocycles. The van der Waals surface area contributed by atoms with Crippen LogP contribution in [0.1, 0.15) is 79.0 Å². The van der Waals surface area contributed by atoms with Crippen LogP contribution in [0.2, 0.25) is 0 Å². The molecule has 0 bridgehead atoms. The molecule has 5 rings (SSSR count). The van der Waals surface area contributed by atoms with Gasteiger partial charge >= 0.3 is 0 Å². The van der Waals surface area contributed by atoms with Gasteiger partial charge in [0.2, 0.25) is 0 Å². The number of hydrogen-bond acceptors (Lipinski definition) is 0. The summed E-state index contributed by atoms with van der Waals surface area (Å²) in [6.45, 7) is 21.4. The van der Waals surface area contributed by atoms with Crippen molar-refractivity contribution >= 4 is 18.0 Å². The highest BCUT2D eigenvalue weighted by Gasteiger charge is 2.33. The lowest BCUT2D eigenvalue weighted by molar-refractivity contribution is 0.552. The highest BCUT2D eigenvalue weighted by Crippen LogP contribution is 2.64. The van der Waals surface area contributed by atoms with Gasteiger partial charge in [-0.05, 0) is 49.4 Å². The Morgan fingerprint density at radius 2 is 0.949 bits per heavy atom. The van der Waals surface area contributed by atoms with Gasteiger partial charge in [0.15, 0.2) is 0 Å². The lowest BCUT2D eigenvalue weighted by Crippen LogP contribution is -2.22. The summed E-state index contributed by atoms with van der Waals surface area (Å²) in [5, 5.41) is 5.89.